The molecule has 6 rings (SSSR count). The van der Waals surface area contributed by atoms with Gasteiger partial charge >= 0.3 is 0 Å². The maximum absolute atomic E-state index is 13.7. The number of carbonyl (C=O) groups is 3. The highest BCUT2D eigenvalue weighted by molar-refractivity contribution is 8.00. The fraction of sp³-hybridized carbons (Fsp3) is 0.0682. The zero-order valence-electron chi connectivity index (χ0n) is 28.5. The Morgan fingerprint density at radius 2 is 1.19 bits per heavy atom. The monoisotopic (exact) mass is 703 g/mol. The van der Waals surface area contributed by atoms with Crippen molar-refractivity contribution in [2.24, 2.45) is 0 Å². The van der Waals surface area contributed by atoms with Crippen LogP contribution in [0.15, 0.2) is 174 Å². The first-order valence-electron chi connectivity index (χ1n) is 16.9. The van der Waals surface area contributed by atoms with Gasteiger partial charge in [-0.2, -0.15) is 0 Å². The van der Waals surface area contributed by atoms with Crippen LogP contribution in [-0.4, -0.2) is 24.3 Å². The molecule has 8 heteroatoms. The first-order valence-corrected chi connectivity index (χ1v) is 17.7. The largest absolute Gasteiger partial charge is 0.494 e. The van der Waals surface area contributed by atoms with Crippen LogP contribution in [0.25, 0.3) is 17.2 Å². The summed E-state index contributed by atoms with van der Waals surface area (Å²) in [5.74, 6) is -0.308. The van der Waals surface area contributed by atoms with Gasteiger partial charge in [0.1, 0.15) is 16.7 Å². The third-order valence-electron chi connectivity index (χ3n) is 8.00. The molecule has 0 saturated carbocycles. The molecule has 0 fully saturated rings. The van der Waals surface area contributed by atoms with Crippen molar-refractivity contribution in [3.63, 3.8) is 0 Å². The Morgan fingerprint density at radius 3 is 1.83 bits per heavy atom. The summed E-state index contributed by atoms with van der Waals surface area (Å²) >= 11 is 1.40. The number of ether oxygens (including phenoxy) is 1. The summed E-state index contributed by atoms with van der Waals surface area (Å²) < 4.78 is 5.52. The molecule has 0 saturated heterocycles. The molecule has 0 heterocycles. The number of amides is 3. The quantitative estimate of drug-likeness (QED) is 0.0823. The number of anilines is 2. The molecule has 0 spiro atoms. The molecule has 0 aliphatic heterocycles. The molecule has 3 amide bonds. The van der Waals surface area contributed by atoms with E-state index in [1.165, 1.54) is 11.8 Å². The predicted molar refractivity (Wildman–Crippen MR) is 210 cm³/mol. The van der Waals surface area contributed by atoms with E-state index in [-0.39, 0.29) is 11.6 Å². The molecule has 0 aromatic heterocycles. The van der Waals surface area contributed by atoms with Gasteiger partial charge in [0.15, 0.2) is 0 Å². The molecule has 7 nitrogen and oxygen atoms in total. The third kappa shape index (κ3) is 9.65. The van der Waals surface area contributed by atoms with Gasteiger partial charge < -0.3 is 20.7 Å². The molecule has 1 unspecified atom stereocenters. The number of benzene rings is 6. The van der Waals surface area contributed by atoms with Crippen molar-refractivity contribution in [3.05, 3.63) is 186 Å². The fourth-order valence-electron chi connectivity index (χ4n) is 5.37. The van der Waals surface area contributed by atoms with Crippen molar-refractivity contribution >= 4 is 46.9 Å². The summed E-state index contributed by atoms with van der Waals surface area (Å²) in [5.41, 5.74) is 5.45. The van der Waals surface area contributed by atoms with Crippen LogP contribution in [0.2, 0.25) is 0 Å². The molecule has 0 bridgehead atoms. The summed E-state index contributed by atoms with van der Waals surface area (Å²) in [6, 6.07) is 50.7. The number of nitrogens with one attached hydrogen (secondary N) is 3. The number of carbonyl (C=O) groups excluding carboxylic acids is 3. The average molecular weight is 704 g/mol. The van der Waals surface area contributed by atoms with E-state index in [0.717, 1.165) is 32.9 Å². The summed E-state index contributed by atoms with van der Waals surface area (Å²) in [7, 11) is 0. The fourth-order valence-corrected chi connectivity index (χ4v) is 6.40. The minimum atomic E-state index is -0.538. The molecular formula is C44H37N3O4S. The molecule has 3 N–H and O–H groups in total. The van der Waals surface area contributed by atoms with E-state index in [1.54, 1.807) is 42.5 Å². The first-order chi connectivity index (χ1) is 25.4. The normalized spacial score (nSPS) is 11.6. The van der Waals surface area contributed by atoms with Crippen molar-refractivity contribution in [1.29, 1.82) is 0 Å². The van der Waals surface area contributed by atoms with Gasteiger partial charge in [-0.05, 0) is 95.9 Å². The average Bonchev–Trinajstić information content (AvgIpc) is 3.19. The SMILES string of the molecule is CCOc1ccc(NC(=O)C(Sc2ccc(NC(=O)/C(=C/c3ccc(-c4ccccc4)cc3)NC(=O)c3ccccc3)cc2)c2ccccc2)cc1. The first kappa shape index (κ1) is 35.4. The van der Waals surface area contributed by atoms with Crippen LogP contribution in [0.4, 0.5) is 11.4 Å². The van der Waals surface area contributed by atoms with Gasteiger partial charge in [-0.1, -0.05) is 103 Å². The summed E-state index contributed by atoms with van der Waals surface area (Å²) in [4.78, 5) is 41.2. The van der Waals surface area contributed by atoms with E-state index >= 15 is 0 Å². The van der Waals surface area contributed by atoms with Crippen LogP contribution in [0.3, 0.4) is 0 Å². The third-order valence-corrected chi connectivity index (χ3v) is 9.26. The topological polar surface area (TPSA) is 96.5 Å². The Bertz CT molecular complexity index is 2120. The molecule has 0 aliphatic rings. The predicted octanol–water partition coefficient (Wildman–Crippen LogP) is 9.63. The highest BCUT2D eigenvalue weighted by Gasteiger charge is 2.23. The van der Waals surface area contributed by atoms with Gasteiger partial charge in [-0.3, -0.25) is 14.4 Å². The van der Waals surface area contributed by atoms with Crippen LogP contribution in [0, 0.1) is 0 Å². The van der Waals surface area contributed by atoms with Gasteiger partial charge in [0.2, 0.25) is 5.91 Å². The van der Waals surface area contributed by atoms with Crippen molar-refractivity contribution in [2.45, 2.75) is 17.1 Å². The maximum atomic E-state index is 13.7. The van der Waals surface area contributed by atoms with E-state index < -0.39 is 17.1 Å². The lowest BCUT2D eigenvalue weighted by Gasteiger charge is -2.18. The van der Waals surface area contributed by atoms with Gasteiger partial charge in [0, 0.05) is 21.8 Å². The molecule has 6 aromatic rings. The highest BCUT2D eigenvalue weighted by Crippen LogP contribution is 2.37. The Labute approximate surface area is 307 Å². The van der Waals surface area contributed by atoms with Gasteiger partial charge in [0.05, 0.1) is 6.61 Å². The number of hydrogen-bond donors (Lipinski definition) is 3. The highest BCUT2D eigenvalue weighted by atomic mass is 32.2. The lowest BCUT2D eigenvalue weighted by atomic mass is 10.0. The second-order valence-electron chi connectivity index (χ2n) is 11.7. The van der Waals surface area contributed by atoms with E-state index in [4.69, 9.17) is 4.74 Å². The van der Waals surface area contributed by atoms with Crippen molar-refractivity contribution in [1.82, 2.24) is 5.32 Å². The second kappa shape index (κ2) is 17.5. The summed E-state index contributed by atoms with van der Waals surface area (Å²) in [5, 5.41) is 8.20. The zero-order chi connectivity index (χ0) is 36.1. The van der Waals surface area contributed by atoms with Gasteiger partial charge in [-0.15, -0.1) is 11.8 Å². The summed E-state index contributed by atoms with van der Waals surface area (Å²) in [6.07, 6.45) is 1.66. The second-order valence-corrected chi connectivity index (χ2v) is 12.9. The minimum absolute atomic E-state index is 0.0925. The van der Waals surface area contributed by atoms with E-state index in [2.05, 4.69) is 16.0 Å². The van der Waals surface area contributed by atoms with Crippen molar-refractivity contribution < 1.29 is 19.1 Å². The lowest BCUT2D eigenvalue weighted by Crippen LogP contribution is -2.30. The van der Waals surface area contributed by atoms with E-state index in [1.807, 2.05) is 134 Å². The smallest absolute Gasteiger partial charge is 0.272 e. The van der Waals surface area contributed by atoms with Crippen molar-refractivity contribution in [3.8, 4) is 16.9 Å². The summed E-state index contributed by atoms with van der Waals surface area (Å²) in [6.45, 7) is 2.49. The lowest BCUT2D eigenvalue weighted by molar-refractivity contribution is -0.116. The Morgan fingerprint density at radius 1 is 0.635 bits per heavy atom. The molecule has 52 heavy (non-hydrogen) atoms. The minimum Gasteiger partial charge on any atom is -0.494 e. The number of hydrogen-bond acceptors (Lipinski definition) is 5. The zero-order valence-corrected chi connectivity index (χ0v) is 29.3. The maximum Gasteiger partial charge on any atom is 0.272 e. The van der Waals surface area contributed by atoms with E-state index in [9.17, 15) is 14.4 Å². The molecule has 0 radical (unpaired) electrons. The standard InChI is InChI=1S/C44H37N3O4S/c1-2-51-38-26-22-36(23-27-38)46-44(50)41(34-14-8-4-9-15-34)52-39-28-24-37(25-29-39)45-43(49)40(47-42(48)35-16-10-5-11-17-35)30-31-18-20-33(21-19-31)32-12-6-3-7-13-32/h3-30,41H,2H2,1H3,(H,45,49)(H,46,50)(H,47,48)/b40-30-. The number of thioether (sulfide) groups is 1. The Balaban J connectivity index is 1.18. The van der Waals surface area contributed by atoms with Crippen LogP contribution in [0.5, 0.6) is 5.75 Å². The molecule has 258 valence electrons. The van der Waals surface area contributed by atoms with Crippen molar-refractivity contribution in [2.75, 3.05) is 17.2 Å². The molecule has 0 aliphatic carbocycles. The molecular weight excluding hydrogens is 667 g/mol. The number of rotatable bonds is 13. The van der Waals surface area contributed by atoms with Gasteiger partial charge in [0.25, 0.3) is 11.8 Å². The van der Waals surface area contributed by atoms with Crippen LogP contribution < -0.4 is 20.7 Å². The van der Waals surface area contributed by atoms with Gasteiger partial charge in [-0.25, -0.2) is 0 Å². The van der Waals surface area contributed by atoms with Crippen LogP contribution in [0.1, 0.15) is 33.7 Å². The molecule has 6 aromatic carbocycles. The van der Waals surface area contributed by atoms with Crippen LogP contribution >= 0.6 is 11.8 Å². The Hall–Kier alpha value is -6.38. The Kier molecular flexibility index (Phi) is 11.9. The van der Waals surface area contributed by atoms with E-state index in [0.29, 0.717) is 23.5 Å². The van der Waals surface area contributed by atoms with Crippen LogP contribution in [-0.2, 0) is 9.59 Å². The molecule has 1 atom stereocenters.